The SMILES string of the molecule is O=C(CN1CCCC1=O)C1C(=O)c2cc3c(cc2C1=O)C(=O)C(C(=O)CN1CCCC1=O)C3=O. The van der Waals surface area contributed by atoms with Crippen molar-refractivity contribution >= 4 is 46.5 Å². The molecule has 2 heterocycles. The molecule has 2 saturated heterocycles. The van der Waals surface area contributed by atoms with Crippen LogP contribution in [0.1, 0.15) is 67.1 Å². The molecule has 0 N–H and O–H groups in total. The fourth-order valence-corrected chi connectivity index (χ4v) is 5.16. The molecule has 4 aliphatic rings. The van der Waals surface area contributed by atoms with Crippen LogP contribution in [0.5, 0.6) is 0 Å². The summed E-state index contributed by atoms with van der Waals surface area (Å²) in [5.41, 5.74) is -0.560. The molecule has 0 saturated carbocycles. The number of carbonyl (C=O) groups is 8. The first-order chi connectivity index (χ1) is 16.2. The number of nitrogens with zero attached hydrogens (tertiary/aromatic N) is 2. The topological polar surface area (TPSA) is 143 Å². The van der Waals surface area contributed by atoms with Crippen molar-refractivity contribution in [3.8, 4) is 0 Å². The minimum atomic E-state index is -1.62. The molecule has 2 aliphatic heterocycles. The van der Waals surface area contributed by atoms with Crippen LogP contribution in [0, 0.1) is 11.8 Å². The van der Waals surface area contributed by atoms with Crippen LogP contribution in [0.25, 0.3) is 0 Å². The van der Waals surface area contributed by atoms with Gasteiger partial charge < -0.3 is 9.80 Å². The van der Waals surface area contributed by atoms with Gasteiger partial charge in [0.2, 0.25) is 11.8 Å². The van der Waals surface area contributed by atoms with E-state index in [9.17, 15) is 38.4 Å². The fourth-order valence-electron chi connectivity index (χ4n) is 5.16. The molecular weight excluding hydrogens is 444 g/mol. The number of hydrogen-bond donors (Lipinski definition) is 0. The highest BCUT2D eigenvalue weighted by molar-refractivity contribution is 6.40. The van der Waals surface area contributed by atoms with E-state index in [0.717, 1.165) is 12.1 Å². The van der Waals surface area contributed by atoms with Crippen molar-refractivity contribution in [2.45, 2.75) is 25.7 Å². The zero-order valence-electron chi connectivity index (χ0n) is 18.1. The minimum Gasteiger partial charge on any atom is -0.335 e. The Kier molecular flexibility index (Phi) is 5.11. The van der Waals surface area contributed by atoms with Crippen LogP contribution in [-0.4, -0.2) is 82.5 Å². The molecular formula is C24H20N2O8. The zero-order chi connectivity index (χ0) is 24.3. The Morgan fingerprint density at radius 3 is 1.21 bits per heavy atom. The van der Waals surface area contributed by atoms with Crippen LogP contribution in [0.4, 0.5) is 0 Å². The van der Waals surface area contributed by atoms with Crippen molar-refractivity contribution in [1.82, 2.24) is 9.80 Å². The van der Waals surface area contributed by atoms with Gasteiger partial charge in [0.1, 0.15) is 11.8 Å². The third kappa shape index (κ3) is 3.24. The van der Waals surface area contributed by atoms with Gasteiger partial charge in [0.15, 0.2) is 34.7 Å². The Morgan fingerprint density at radius 2 is 0.941 bits per heavy atom. The van der Waals surface area contributed by atoms with Crippen LogP contribution >= 0.6 is 0 Å². The van der Waals surface area contributed by atoms with Gasteiger partial charge in [-0.2, -0.15) is 0 Å². The molecule has 0 radical (unpaired) electrons. The lowest BCUT2D eigenvalue weighted by Gasteiger charge is -2.16. The van der Waals surface area contributed by atoms with Gasteiger partial charge in [0.05, 0.1) is 13.1 Å². The molecule has 1 aromatic rings. The number of likely N-dealkylation sites (tertiary alicyclic amines) is 2. The van der Waals surface area contributed by atoms with Crippen LogP contribution in [-0.2, 0) is 19.2 Å². The summed E-state index contributed by atoms with van der Waals surface area (Å²) < 4.78 is 0. The third-order valence-corrected chi connectivity index (χ3v) is 6.95. The number of Topliss-reactive ketones (excluding diaryl/α,β-unsaturated/α-hetero) is 6. The zero-order valence-corrected chi connectivity index (χ0v) is 18.1. The van der Waals surface area contributed by atoms with E-state index >= 15 is 0 Å². The predicted molar refractivity (Wildman–Crippen MR) is 112 cm³/mol. The second-order valence-electron chi connectivity index (χ2n) is 9.04. The number of carbonyl (C=O) groups excluding carboxylic acids is 8. The molecule has 0 bridgehead atoms. The van der Waals surface area contributed by atoms with Crippen LogP contribution in [0.2, 0.25) is 0 Å². The summed E-state index contributed by atoms with van der Waals surface area (Å²) in [7, 11) is 0. The number of hydrogen-bond acceptors (Lipinski definition) is 8. The van der Waals surface area contributed by atoms with Gasteiger partial charge in [-0.1, -0.05) is 0 Å². The Bertz CT molecular complexity index is 1100. The highest BCUT2D eigenvalue weighted by Gasteiger charge is 2.49. The summed E-state index contributed by atoms with van der Waals surface area (Å²) in [5, 5.41) is 0. The standard InChI is InChI=1S/C24H20N2O8/c27-15(9-25-5-1-3-17(25)29)19-21(31)11-7-13-14(8-12(11)22(19)32)24(34)20(23(13)33)16(28)10-26-6-2-4-18(26)30/h7-8,19-20H,1-6,9-10H2. The number of ketones is 6. The first kappa shape index (κ1) is 22.0. The van der Waals surface area contributed by atoms with Gasteiger partial charge in [0.25, 0.3) is 0 Å². The summed E-state index contributed by atoms with van der Waals surface area (Å²) >= 11 is 0. The summed E-state index contributed by atoms with van der Waals surface area (Å²) in [6.45, 7) is 0.0570. The first-order valence-corrected chi connectivity index (χ1v) is 11.1. The van der Waals surface area contributed by atoms with E-state index < -0.39 is 46.5 Å². The molecule has 2 fully saturated rings. The second kappa shape index (κ2) is 7.89. The lowest BCUT2D eigenvalue weighted by molar-refractivity contribution is -0.132. The molecule has 10 heteroatoms. The maximum absolute atomic E-state index is 12.9. The van der Waals surface area contributed by atoms with E-state index in [-0.39, 0.29) is 47.2 Å². The van der Waals surface area contributed by atoms with E-state index in [1.165, 1.54) is 9.80 Å². The lowest BCUT2D eigenvalue weighted by atomic mass is 9.96. The summed E-state index contributed by atoms with van der Waals surface area (Å²) in [5.74, 6) is -8.20. The average Bonchev–Trinajstić information content (AvgIpc) is 3.51. The summed E-state index contributed by atoms with van der Waals surface area (Å²) in [4.78, 5) is 103. The van der Waals surface area contributed by atoms with Crippen molar-refractivity contribution in [3.63, 3.8) is 0 Å². The Morgan fingerprint density at radius 1 is 0.618 bits per heavy atom. The quantitative estimate of drug-likeness (QED) is 0.538. The maximum atomic E-state index is 12.9. The molecule has 10 nitrogen and oxygen atoms in total. The van der Waals surface area contributed by atoms with Crippen LogP contribution < -0.4 is 0 Å². The molecule has 0 atom stereocenters. The molecule has 1 aromatic carbocycles. The molecule has 0 aromatic heterocycles. The highest BCUT2D eigenvalue weighted by Crippen LogP contribution is 2.36. The van der Waals surface area contributed by atoms with E-state index in [1.54, 1.807) is 0 Å². The Labute approximate surface area is 193 Å². The molecule has 0 spiro atoms. The van der Waals surface area contributed by atoms with Crippen LogP contribution in [0.15, 0.2) is 12.1 Å². The number of amides is 2. The predicted octanol–water partition coefficient (Wildman–Crippen LogP) is 0.0600. The molecule has 2 aliphatic carbocycles. The smallest absolute Gasteiger partial charge is 0.223 e. The van der Waals surface area contributed by atoms with E-state index in [2.05, 4.69) is 0 Å². The maximum Gasteiger partial charge on any atom is 0.223 e. The summed E-state index contributed by atoms with van der Waals surface area (Å²) in [6, 6.07) is 2.24. The summed E-state index contributed by atoms with van der Waals surface area (Å²) in [6.07, 6.45) is 1.81. The van der Waals surface area contributed by atoms with Gasteiger partial charge in [0, 0.05) is 48.2 Å². The molecule has 0 unspecified atom stereocenters. The lowest BCUT2D eigenvalue weighted by Crippen LogP contribution is -2.38. The molecule has 174 valence electrons. The minimum absolute atomic E-state index is 0.140. The Balaban J connectivity index is 1.39. The van der Waals surface area contributed by atoms with Gasteiger partial charge in [-0.05, 0) is 25.0 Å². The van der Waals surface area contributed by atoms with Crippen LogP contribution in [0.3, 0.4) is 0 Å². The number of rotatable bonds is 6. The average molecular weight is 464 g/mol. The highest BCUT2D eigenvalue weighted by atomic mass is 16.2. The van der Waals surface area contributed by atoms with Crippen molar-refractivity contribution in [3.05, 3.63) is 34.4 Å². The monoisotopic (exact) mass is 464 g/mol. The second-order valence-corrected chi connectivity index (χ2v) is 9.04. The van der Waals surface area contributed by atoms with Gasteiger partial charge in [-0.25, -0.2) is 0 Å². The van der Waals surface area contributed by atoms with Crippen molar-refractivity contribution in [1.29, 1.82) is 0 Å². The normalized spacial score (nSPS) is 20.7. The third-order valence-electron chi connectivity index (χ3n) is 6.95. The van der Waals surface area contributed by atoms with E-state index in [1.807, 2.05) is 0 Å². The first-order valence-electron chi connectivity index (χ1n) is 11.1. The molecule has 2 amide bonds. The molecule has 5 rings (SSSR count). The van der Waals surface area contributed by atoms with Crippen molar-refractivity contribution < 1.29 is 38.4 Å². The fraction of sp³-hybridized carbons (Fsp3) is 0.417. The van der Waals surface area contributed by atoms with Gasteiger partial charge in [-0.15, -0.1) is 0 Å². The van der Waals surface area contributed by atoms with Crippen molar-refractivity contribution in [2.24, 2.45) is 11.8 Å². The van der Waals surface area contributed by atoms with E-state index in [0.29, 0.717) is 38.8 Å². The van der Waals surface area contributed by atoms with Crippen molar-refractivity contribution in [2.75, 3.05) is 26.2 Å². The Hall–Kier alpha value is -3.82. The van der Waals surface area contributed by atoms with Gasteiger partial charge in [-0.3, -0.25) is 38.4 Å². The number of benzene rings is 1. The molecule has 34 heavy (non-hydrogen) atoms. The largest absolute Gasteiger partial charge is 0.335 e. The number of fused-ring (bicyclic) bond motifs is 2. The van der Waals surface area contributed by atoms with E-state index in [4.69, 9.17) is 0 Å². The van der Waals surface area contributed by atoms with Gasteiger partial charge >= 0.3 is 0 Å².